The highest BCUT2D eigenvalue weighted by Gasteiger charge is 2.17. The molecule has 218 valence electrons. The van der Waals surface area contributed by atoms with Gasteiger partial charge in [0.25, 0.3) is 0 Å². The molecule has 0 aliphatic rings. The van der Waals surface area contributed by atoms with E-state index in [1.165, 1.54) is 6.26 Å². The normalized spacial score (nSPS) is 11.7. The smallest absolute Gasteiger partial charge is 0.333 e. The Morgan fingerprint density at radius 2 is 1.62 bits per heavy atom. The van der Waals surface area contributed by atoms with Crippen LogP contribution in [0.5, 0.6) is 0 Å². The molecule has 2 heterocycles. The number of aromatic nitrogens is 2. The number of fused-ring (bicyclic) bond motifs is 3. The van der Waals surface area contributed by atoms with E-state index in [0.717, 1.165) is 40.8 Å². The Bertz CT molecular complexity index is 1890. The molecule has 0 spiro atoms. The Balaban J connectivity index is 1.52. The second-order valence-corrected chi connectivity index (χ2v) is 12.3. The van der Waals surface area contributed by atoms with E-state index >= 15 is 0 Å². The monoisotopic (exact) mass is 585 g/mol. The lowest BCUT2D eigenvalue weighted by Gasteiger charge is -2.21. The van der Waals surface area contributed by atoms with Gasteiger partial charge in [0.15, 0.2) is 9.84 Å². The summed E-state index contributed by atoms with van der Waals surface area (Å²) in [7, 11) is -3.37. The first-order valence-electron chi connectivity index (χ1n) is 14.1. The standard InChI is InChI=1S/C33H35N3O5S/c1-4-34(5-2)27-16-13-26-20-28-22-30(25-14-17-29(18-15-25)42(3,39)40)35(33(38)36(28)31(26)21-27)19-9-12-32(37)41-23-24-10-7-6-8-11-24/h6-8,10-11,13-18,20-22H,4-5,9,12,19,23H2,1-3H3. The molecule has 0 saturated carbocycles. The molecule has 0 fully saturated rings. The lowest BCUT2D eigenvalue weighted by atomic mass is 10.1. The molecule has 0 aliphatic heterocycles. The van der Waals surface area contributed by atoms with Crippen LogP contribution in [0, 0.1) is 0 Å². The molecule has 5 aromatic rings. The van der Waals surface area contributed by atoms with Gasteiger partial charge in [-0.3, -0.25) is 13.8 Å². The second kappa shape index (κ2) is 12.2. The summed E-state index contributed by atoms with van der Waals surface area (Å²) in [5, 5.41) is 0.948. The average Bonchev–Trinajstić information content (AvgIpc) is 3.36. The van der Waals surface area contributed by atoms with Crippen molar-refractivity contribution < 1.29 is 17.9 Å². The quantitative estimate of drug-likeness (QED) is 0.185. The van der Waals surface area contributed by atoms with Crippen LogP contribution in [0.2, 0.25) is 0 Å². The van der Waals surface area contributed by atoms with Gasteiger partial charge < -0.3 is 9.64 Å². The van der Waals surface area contributed by atoms with Crippen molar-refractivity contribution in [2.45, 2.75) is 44.7 Å². The summed E-state index contributed by atoms with van der Waals surface area (Å²) in [6.45, 7) is 6.39. The van der Waals surface area contributed by atoms with Gasteiger partial charge >= 0.3 is 11.7 Å². The number of hydrogen-bond donors (Lipinski definition) is 0. The van der Waals surface area contributed by atoms with Gasteiger partial charge in [-0.1, -0.05) is 48.5 Å². The average molecular weight is 586 g/mol. The van der Waals surface area contributed by atoms with Crippen molar-refractivity contribution in [2.24, 2.45) is 0 Å². The van der Waals surface area contributed by atoms with E-state index in [-0.39, 0.29) is 36.1 Å². The van der Waals surface area contributed by atoms with E-state index in [9.17, 15) is 18.0 Å². The SMILES string of the molecule is CCN(CC)c1ccc2cc3cc(-c4ccc(S(C)(=O)=O)cc4)n(CCCC(=O)OCc4ccccc4)c(=O)n3c2c1. The summed E-state index contributed by atoms with van der Waals surface area (Å²) in [6.07, 6.45) is 1.72. The number of nitrogens with zero attached hydrogens (tertiary/aromatic N) is 3. The third-order valence-electron chi connectivity index (χ3n) is 7.53. The number of benzene rings is 3. The number of anilines is 1. The maximum atomic E-state index is 14.1. The minimum atomic E-state index is -3.37. The molecule has 2 aromatic heterocycles. The van der Waals surface area contributed by atoms with Crippen molar-refractivity contribution in [3.8, 4) is 11.3 Å². The highest BCUT2D eigenvalue weighted by atomic mass is 32.2. The third-order valence-corrected chi connectivity index (χ3v) is 8.65. The Labute approximate surface area is 245 Å². The van der Waals surface area contributed by atoms with Crippen LogP contribution in [-0.4, -0.2) is 42.7 Å². The van der Waals surface area contributed by atoms with Crippen LogP contribution in [0.3, 0.4) is 0 Å². The Morgan fingerprint density at radius 1 is 0.905 bits per heavy atom. The molecule has 0 saturated heterocycles. The molecule has 8 nitrogen and oxygen atoms in total. The lowest BCUT2D eigenvalue weighted by molar-refractivity contribution is -0.145. The molecule has 3 aromatic carbocycles. The molecule has 0 atom stereocenters. The van der Waals surface area contributed by atoms with E-state index in [1.54, 1.807) is 33.2 Å². The van der Waals surface area contributed by atoms with Crippen molar-refractivity contribution >= 4 is 37.9 Å². The Kier molecular flexibility index (Phi) is 8.49. The summed E-state index contributed by atoms with van der Waals surface area (Å²) in [5.41, 5.74) is 4.65. The van der Waals surface area contributed by atoms with E-state index in [0.29, 0.717) is 17.7 Å². The largest absolute Gasteiger partial charge is 0.461 e. The van der Waals surface area contributed by atoms with Crippen LogP contribution in [0.1, 0.15) is 32.3 Å². The molecule has 0 amide bonds. The number of sulfone groups is 1. The van der Waals surface area contributed by atoms with E-state index in [1.807, 2.05) is 54.6 Å². The Morgan fingerprint density at radius 3 is 2.29 bits per heavy atom. The number of hydrogen-bond acceptors (Lipinski definition) is 6. The van der Waals surface area contributed by atoms with Crippen LogP contribution >= 0.6 is 0 Å². The number of carbonyl (C=O) groups is 1. The maximum Gasteiger partial charge on any atom is 0.333 e. The van der Waals surface area contributed by atoms with Crippen molar-refractivity contribution in [2.75, 3.05) is 24.2 Å². The zero-order chi connectivity index (χ0) is 29.9. The van der Waals surface area contributed by atoms with Crippen molar-refractivity contribution in [1.82, 2.24) is 8.97 Å². The van der Waals surface area contributed by atoms with Crippen molar-refractivity contribution in [3.05, 3.63) is 101 Å². The van der Waals surface area contributed by atoms with Gasteiger partial charge in [-0.2, -0.15) is 0 Å². The fourth-order valence-electron chi connectivity index (χ4n) is 5.28. The van der Waals surface area contributed by atoms with Crippen molar-refractivity contribution in [3.63, 3.8) is 0 Å². The van der Waals surface area contributed by atoms with Gasteiger partial charge in [-0.15, -0.1) is 0 Å². The number of rotatable bonds is 11. The molecular formula is C33H35N3O5S. The highest BCUT2D eigenvalue weighted by Crippen LogP contribution is 2.28. The van der Waals surface area contributed by atoms with Crippen LogP contribution in [-0.2, 0) is 32.5 Å². The van der Waals surface area contributed by atoms with Crippen LogP contribution in [0.15, 0.2) is 94.6 Å². The molecular weight excluding hydrogens is 550 g/mol. The predicted molar refractivity (Wildman–Crippen MR) is 167 cm³/mol. The molecule has 5 rings (SSSR count). The van der Waals surface area contributed by atoms with Gasteiger partial charge in [0, 0.05) is 43.4 Å². The molecule has 0 bridgehead atoms. The molecule has 9 heteroatoms. The zero-order valence-electron chi connectivity index (χ0n) is 24.1. The van der Waals surface area contributed by atoms with Gasteiger partial charge in [0.1, 0.15) is 6.61 Å². The minimum absolute atomic E-state index is 0.155. The number of ether oxygens (including phenoxy) is 1. The summed E-state index contributed by atoms with van der Waals surface area (Å²) < 4.78 is 32.9. The second-order valence-electron chi connectivity index (χ2n) is 10.3. The molecule has 0 aliphatic carbocycles. The molecule has 0 N–H and O–H groups in total. The summed E-state index contributed by atoms with van der Waals surface area (Å²) >= 11 is 0. The third kappa shape index (κ3) is 6.11. The van der Waals surface area contributed by atoms with E-state index in [2.05, 4.69) is 24.8 Å². The van der Waals surface area contributed by atoms with Gasteiger partial charge in [-0.05, 0) is 67.8 Å². The first-order chi connectivity index (χ1) is 20.2. The molecule has 0 unspecified atom stereocenters. The fourth-order valence-corrected chi connectivity index (χ4v) is 5.91. The predicted octanol–water partition coefficient (Wildman–Crippen LogP) is 5.69. The fraction of sp³-hybridized carbons (Fsp3) is 0.273. The van der Waals surface area contributed by atoms with Gasteiger partial charge in [0.05, 0.1) is 21.6 Å². The van der Waals surface area contributed by atoms with Crippen LogP contribution in [0.25, 0.3) is 27.7 Å². The topological polar surface area (TPSA) is 90.1 Å². The number of esters is 1. The van der Waals surface area contributed by atoms with E-state index in [4.69, 9.17) is 4.74 Å². The first kappa shape index (κ1) is 29.1. The van der Waals surface area contributed by atoms with E-state index < -0.39 is 9.84 Å². The molecule has 0 radical (unpaired) electrons. The van der Waals surface area contributed by atoms with Crippen LogP contribution in [0.4, 0.5) is 5.69 Å². The van der Waals surface area contributed by atoms with Crippen molar-refractivity contribution in [1.29, 1.82) is 0 Å². The summed E-state index contributed by atoms with van der Waals surface area (Å²) in [5.74, 6) is -0.331. The lowest BCUT2D eigenvalue weighted by Crippen LogP contribution is -2.28. The summed E-state index contributed by atoms with van der Waals surface area (Å²) in [4.78, 5) is 29.1. The summed E-state index contributed by atoms with van der Waals surface area (Å²) in [6, 6.07) is 26.1. The van der Waals surface area contributed by atoms with Gasteiger partial charge in [-0.25, -0.2) is 13.2 Å². The zero-order valence-corrected chi connectivity index (χ0v) is 24.9. The van der Waals surface area contributed by atoms with Crippen LogP contribution < -0.4 is 10.6 Å². The minimum Gasteiger partial charge on any atom is -0.461 e. The first-order valence-corrected chi connectivity index (χ1v) is 16.0. The Hall–Kier alpha value is -4.37. The maximum absolute atomic E-state index is 14.1. The van der Waals surface area contributed by atoms with Gasteiger partial charge in [0.2, 0.25) is 0 Å². The molecule has 42 heavy (non-hydrogen) atoms. The highest BCUT2D eigenvalue weighted by molar-refractivity contribution is 7.90. The number of carbonyl (C=O) groups excluding carboxylic acids is 1.